The van der Waals surface area contributed by atoms with Gasteiger partial charge in [0.25, 0.3) is 0 Å². The molecule has 1 fully saturated rings. The number of piperidine rings is 1. The first-order valence-corrected chi connectivity index (χ1v) is 8.23. The van der Waals surface area contributed by atoms with Gasteiger partial charge in [-0.15, -0.1) is 0 Å². The van der Waals surface area contributed by atoms with Gasteiger partial charge in [0, 0.05) is 25.5 Å². The molecule has 3 rings (SSSR count). The summed E-state index contributed by atoms with van der Waals surface area (Å²) in [6, 6.07) is 1.44. The number of aliphatic hydroxyl groups is 1. The summed E-state index contributed by atoms with van der Waals surface area (Å²) in [5.74, 6) is 0.540. The Kier molecular flexibility index (Phi) is 3.83. The van der Waals surface area contributed by atoms with Crippen LogP contribution in [0.5, 0.6) is 0 Å². The van der Waals surface area contributed by atoms with Crippen molar-refractivity contribution < 1.29 is 17.9 Å². The minimum absolute atomic E-state index is 0.00643. The van der Waals surface area contributed by atoms with E-state index in [4.69, 9.17) is 4.42 Å². The maximum absolute atomic E-state index is 12.3. The molecule has 2 aromatic heterocycles. The number of aromatic nitrogens is 2. The predicted octanol–water partition coefficient (Wildman–Crippen LogP) is 1.14. The van der Waals surface area contributed by atoms with Crippen LogP contribution in [0.3, 0.4) is 0 Å². The molecule has 1 unspecified atom stereocenters. The minimum atomic E-state index is -3.49. The Morgan fingerprint density at radius 3 is 2.76 bits per heavy atom. The molecule has 7 nitrogen and oxygen atoms in total. The van der Waals surface area contributed by atoms with Crippen LogP contribution in [0.15, 0.2) is 40.3 Å². The molecule has 1 aliphatic rings. The van der Waals surface area contributed by atoms with Crippen LogP contribution in [0.4, 0.5) is 0 Å². The molecule has 0 radical (unpaired) electrons. The number of nitrogens with zero attached hydrogens (tertiary/aromatic N) is 2. The number of imidazole rings is 1. The van der Waals surface area contributed by atoms with Crippen LogP contribution in [-0.2, 0) is 10.0 Å². The van der Waals surface area contributed by atoms with Gasteiger partial charge in [-0.2, -0.15) is 4.31 Å². The lowest BCUT2D eigenvalue weighted by Crippen LogP contribution is -2.39. The third kappa shape index (κ3) is 2.74. The van der Waals surface area contributed by atoms with E-state index >= 15 is 0 Å². The van der Waals surface area contributed by atoms with Crippen LogP contribution in [0.2, 0.25) is 0 Å². The average Bonchev–Trinajstić information content (AvgIpc) is 3.19. The number of hydrogen-bond donors (Lipinski definition) is 2. The van der Waals surface area contributed by atoms with Crippen LogP contribution in [0, 0.1) is 5.92 Å². The molecule has 0 spiro atoms. The van der Waals surface area contributed by atoms with Gasteiger partial charge in [-0.25, -0.2) is 13.4 Å². The number of aliphatic hydroxyl groups excluding tert-OH is 1. The first kappa shape index (κ1) is 14.3. The fourth-order valence-electron chi connectivity index (χ4n) is 2.64. The molecule has 1 aliphatic heterocycles. The third-order valence-corrected chi connectivity index (χ3v) is 5.75. The molecule has 0 aromatic carbocycles. The first-order valence-electron chi connectivity index (χ1n) is 6.79. The number of furan rings is 1. The highest BCUT2D eigenvalue weighted by Crippen LogP contribution is 2.31. The average molecular weight is 311 g/mol. The van der Waals surface area contributed by atoms with Gasteiger partial charge in [0.05, 0.1) is 6.26 Å². The number of aromatic amines is 1. The second-order valence-electron chi connectivity index (χ2n) is 5.12. The fourth-order valence-corrected chi connectivity index (χ4v) is 4.04. The van der Waals surface area contributed by atoms with Crippen molar-refractivity contribution in [1.82, 2.24) is 14.3 Å². The highest BCUT2D eigenvalue weighted by atomic mass is 32.2. The van der Waals surface area contributed by atoms with Crippen molar-refractivity contribution in [3.05, 3.63) is 36.8 Å². The van der Waals surface area contributed by atoms with E-state index in [1.54, 1.807) is 12.4 Å². The summed E-state index contributed by atoms with van der Waals surface area (Å²) >= 11 is 0. The summed E-state index contributed by atoms with van der Waals surface area (Å²) in [7, 11) is -3.49. The number of sulfonamides is 1. The van der Waals surface area contributed by atoms with Crippen molar-refractivity contribution >= 4 is 10.0 Å². The summed E-state index contributed by atoms with van der Waals surface area (Å²) < 4.78 is 31.0. The van der Waals surface area contributed by atoms with Gasteiger partial charge in [0.1, 0.15) is 23.1 Å². The standard InChI is InChI=1S/C13H17N3O4S/c17-12(13-14-4-5-15-13)10-1-6-16(7-2-10)21(18,19)11-3-8-20-9-11/h3-5,8-10,12,17H,1-2,6-7H2,(H,14,15). The van der Waals surface area contributed by atoms with Crippen molar-refractivity contribution in [3.63, 3.8) is 0 Å². The number of H-pyrrole nitrogens is 1. The summed E-state index contributed by atoms with van der Waals surface area (Å²) in [6.45, 7) is 0.770. The Labute approximate surface area is 122 Å². The molecular formula is C13H17N3O4S. The van der Waals surface area contributed by atoms with E-state index in [1.165, 1.54) is 22.9 Å². The lowest BCUT2D eigenvalue weighted by Gasteiger charge is -2.32. The number of hydrogen-bond acceptors (Lipinski definition) is 5. The van der Waals surface area contributed by atoms with E-state index in [0.717, 1.165) is 0 Å². The van der Waals surface area contributed by atoms with Gasteiger partial charge in [0.2, 0.25) is 10.0 Å². The lowest BCUT2D eigenvalue weighted by molar-refractivity contribution is 0.0696. The van der Waals surface area contributed by atoms with Gasteiger partial charge in [-0.3, -0.25) is 0 Å². The Bertz CT molecular complexity index is 658. The van der Waals surface area contributed by atoms with Crippen LogP contribution in [0.25, 0.3) is 0 Å². The summed E-state index contributed by atoms with van der Waals surface area (Å²) in [6.07, 6.45) is 6.35. The number of rotatable bonds is 4. The SMILES string of the molecule is O=S(=O)(c1ccoc1)N1CCC(C(O)c2ncc[nH]2)CC1. The molecule has 2 N–H and O–H groups in total. The Morgan fingerprint density at radius 1 is 1.43 bits per heavy atom. The second-order valence-corrected chi connectivity index (χ2v) is 7.06. The van der Waals surface area contributed by atoms with Crippen LogP contribution < -0.4 is 0 Å². The lowest BCUT2D eigenvalue weighted by atomic mass is 9.92. The molecule has 0 aliphatic carbocycles. The van der Waals surface area contributed by atoms with Gasteiger partial charge in [-0.1, -0.05) is 0 Å². The maximum Gasteiger partial charge on any atom is 0.246 e. The van der Waals surface area contributed by atoms with Crippen LogP contribution in [-0.4, -0.2) is 40.9 Å². The van der Waals surface area contributed by atoms with E-state index in [9.17, 15) is 13.5 Å². The molecule has 1 atom stereocenters. The molecule has 0 amide bonds. The summed E-state index contributed by atoms with van der Waals surface area (Å²) in [5, 5.41) is 10.2. The van der Waals surface area contributed by atoms with E-state index in [1.807, 2.05) is 0 Å². The third-order valence-electron chi connectivity index (χ3n) is 3.88. The summed E-state index contributed by atoms with van der Waals surface area (Å²) in [5.41, 5.74) is 0. The molecule has 21 heavy (non-hydrogen) atoms. The topological polar surface area (TPSA) is 99.4 Å². The van der Waals surface area contributed by atoms with Crippen molar-refractivity contribution in [2.45, 2.75) is 23.8 Å². The van der Waals surface area contributed by atoms with E-state index in [-0.39, 0.29) is 10.8 Å². The van der Waals surface area contributed by atoms with Gasteiger partial charge in [-0.05, 0) is 24.8 Å². The van der Waals surface area contributed by atoms with E-state index in [2.05, 4.69) is 9.97 Å². The zero-order chi connectivity index (χ0) is 14.9. The van der Waals surface area contributed by atoms with Crippen LogP contribution >= 0.6 is 0 Å². The Hall–Kier alpha value is -1.64. The normalized spacial score (nSPS) is 19.7. The molecule has 3 heterocycles. The molecule has 2 aromatic rings. The van der Waals surface area contributed by atoms with Gasteiger partial charge >= 0.3 is 0 Å². The van der Waals surface area contributed by atoms with Crippen molar-refractivity contribution in [3.8, 4) is 0 Å². The molecule has 0 saturated carbocycles. The van der Waals surface area contributed by atoms with Crippen molar-refractivity contribution in [2.24, 2.45) is 5.92 Å². The quantitative estimate of drug-likeness (QED) is 0.882. The molecule has 0 bridgehead atoms. The highest BCUT2D eigenvalue weighted by molar-refractivity contribution is 7.89. The molecule has 8 heteroatoms. The zero-order valence-electron chi connectivity index (χ0n) is 11.3. The maximum atomic E-state index is 12.3. The fraction of sp³-hybridized carbons (Fsp3) is 0.462. The summed E-state index contributed by atoms with van der Waals surface area (Å²) in [4.78, 5) is 7.12. The van der Waals surface area contributed by atoms with Gasteiger partial charge < -0.3 is 14.5 Å². The van der Waals surface area contributed by atoms with Gasteiger partial charge in [0.15, 0.2) is 0 Å². The minimum Gasteiger partial charge on any atom is -0.471 e. The Morgan fingerprint density at radius 2 is 2.19 bits per heavy atom. The predicted molar refractivity (Wildman–Crippen MR) is 73.7 cm³/mol. The zero-order valence-corrected chi connectivity index (χ0v) is 12.2. The van der Waals surface area contributed by atoms with E-state index in [0.29, 0.717) is 31.8 Å². The monoisotopic (exact) mass is 311 g/mol. The number of nitrogens with one attached hydrogen (secondary N) is 1. The van der Waals surface area contributed by atoms with Crippen molar-refractivity contribution in [1.29, 1.82) is 0 Å². The highest BCUT2D eigenvalue weighted by Gasteiger charge is 2.33. The Balaban J connectivity index is 1.66. The van der Waals surface area contributed by atoms with Crippen molar-refractivity contribution in [2.75, 3.05) is 13.1 Å². The largest absolute Gasteiger partial charge is 0.471 e. The second kappa shape index (κ2) is 5.63. The molecule has 114 valence electrons. The first-order chi connectivity index (χ1) is 10.1. The smallest absolute Gasteiger partial charge is 0.246 e. The van der Waals surface area contributed by atoms with E-state index < -0.39 is 16.1 Å². The molecular weight excluding hydrogens is 294 g/mol. The van der Waals surface area contributed by atoms with Crippen LogP contribution in [0.1, 0.15) is 24.8 Å². The molecule has 1 saturated heterocycles.